The van der Waals surface area contributed by atoms with Crippen molar-refractivity contribution in [2.24, 2.45) is 7.05 Å². The topological polar surface area (TPSA) is 59.0 Å². The van der Waals surface area contributed by atoms with Gasteiger partial charge in [0.15, 0.2) is 0 Å². The minimum absolute atomic E-state index is 0.0451. The fourth-order valence-electron chi connectivity index (χ4n) is 1.30. The van der Waals surface area contributed by atoms with Gasteiger partial charge in [-0.15, -0.1) is 0 Å². The lowest BCUT2D eigenvalue weighted by molar-refractivity contribution is -0.120. The van der Waals surface area contributed by atoms with Gasteiger partial charge in [-0.2, -0.15) is 5.10 Å². The highest BCUT2D eigenvalue weighted by atomic mass is 16.1. The minimum Gasteiger partial charge on any atom is -0.355 e. The molecule has 1 aromatic rings. The number of hydrogen-bond acceptors (Lipinski definition) is 3. The molecule has 0 unspecified atom stereocenters. The molecule has 0 fully saturated rings. The van der Waals surface area contributed by atoms with Crippen LogP contribution in [-0.2, 0) is 18.3 Å². The van der Waals surface area contributed by atoms with E-state index < -0.39 is 0 Å². The quantitative estimate of drug-likeness (QED) is 0.633. The summed E-state index contributed by atoms with van der Waals surface area (Å²) >= 11 is 0. The van der Waals surface area contributed by atoms with E-state index in [0.29, 0.717) is 13.1 Å². The van der Waals surface area contributed by atoms with Gasteiger partial charge in [0.1, 0.15) is 0 Å². The zero-order valence-electron chi connectivity index (χ0n) is 9.29. The fraction of sp³-hybridized carbons (Fsp3) is 0.600. The van der Waals surface area contributed by atoms with Crippen LogP contribution in [0.1, 0.15) is 12.5 Å². The number of hydrogen-bond donors (Lipinski definition) is 2. The maximum atomic E-state index is 11.1. The van der Waals surface area contributed by atoms with Crippen molar-refractivity contribution < 1.29 is 4.79 Å². The molecule has 15 heavy (non-hydrogen) atoms. The average Bonchev–Trinajstić information content (AvgIpc) is 2.60. The first kappa shape index (κ1) is 11.7. The predicted molar refractivity (Wildman–Crippen MR) is 58.5 cm³/mol. The smallest absolute Gasteiger partial charge is 0.233 e. The Morgan fingerprint density at radius 2 is 2.40 bits per heavy atom. The van der Waals surface area contributed by atoms with E-state index in [-0.39, 0.29) is 5.91 Å². The van der Waals surface area contributed by atoms with Crippen LogP contribution in [0.5, 0.6) is 0 Å². The summed E-state index contributed by atoms with van der Waals surface area (Å²) in [5.41, 5.74) is 1.18. The third-order valence-electron chi connectivity index (χ3n) is 2.01. The maximum absolute atomic E-state index is 11.1. The Bertz CT molecular complexity index is 308. The Morgan fingerprint density at radius 1 is 1.60 bits per heavy atom. The summed E-state index contributed by atoms with van der Waals surface area (Å²) in [6.07, 6.45) is 4.72. The molecule has 0 atom stereocenters. The van der Waals surface area contributed by atoms with Crippen LogP contribution >= 0.6 is 0 Å². The fourth-order valence-corrected chi connectivity index (χ4v) is 1.30. The van der Waals surface area contributed by atoms with Gasteiger partial charge < -0.3 is 10.6 Å². The highest BCUT2D eigenvalue weighted by Crippen LogP contribution is 1.95. The molecule has 5 nitrogen and oxygen atoms in total. The van der Waals surface area contributed by atoms with Crippen LogP contribution < -0.4 is 10.6 Å². The second-order valence-electron chi connectivity index (χ2n) is 3.40. The monoisotopic (exact) mass is 210 g/mol. The number of nitrogens with zero attached hydrogens (tertiary/aromatic N) is 2. The minimum atomic E-state index is 0.0451. The molecule has 0 saturated carbocycles. The van der Waals surface area contributed by atoms with E-state index in [1.54, 1.807) is 4.68 Å². The van der Waals surface area contributed by atoms with Crippen molar-refractivity contribution in [2.45, 2.75) is 13.3 Å². The van der Waals surface area contributed by atoms with Crippen molar-refractivity contribution in [1.82, 2.24) is 20.4 Å². The Morgan fingerprint density at radius 3 is 3.00 bits per heavy atom. The van der Waals surface area contributed by atoms with Crippen molar-refractivity contribution >= 4 is 5.91 Å². The molecular formula is C10H18N4O. The molecule has 0 aliphatic rings. The van der Waals surface area contributed by atoms with E-state index in [2.05, 4.69) is 15.7 Å². The molecule has 1 amide bonds. The molecule has 84 valence electrons. The zero-order chi connectivity index (χ0) is 11.1. The number of rotatable bonds is 6. The van der Waals surface area contributed by atoms with Gasteiger partial charge in [0.2, 0.25) is 5.91 Å². The third-order valence-corrected chi connectivity index (χ3v) is 2.01. The number of carbonyl (C=O) groups excluding carboxylic acids is 1. The van der Waals surface area contributed by atoms with Crippen molar-refractivity contribution in [3.63, 3.8) is 0 Å². The molecule has 0 saturated heterocycles. The van der Waals surface area contributed by atoms with Crippen LogP contribution in [0.25, 0.3) is 0 Å². The molecule has 2 N–H and O–H groups in total. The second kappa shape index (κ2) is 6.19. The molecule has 0 bridgehead atoms. The lowest BCUT2D eigenvalue weighted by atomic mass is 10.2. The normalized spacial score (nSPS) is 10.3. The molecular weight excluding hydrogens is 192 g/mol. The van der Waals surface area contributed by atoms with Gasteiger partial charge in [-0.3, -0.25) is 9.48 Å². The van der Waals surface area contributed by atoms with Gasteiger partial charge in [-0.1, -0.05) is 0 Å². The summed E-state index contributed by atoms with van der Waals surface area (Å²) in [5.74, 6) is 0.0451. The summed E-state index contributed by atoms with van der Waals surface area (Å²) in [7, 11) is 1.89. The number of likely N-dealkylation sites (N-methyl/N-ethyl adjacent to an activating group) is 1. The molecule has 1 heterocycles. The largest absolute Gasteiger partial charge is 0.355 e. The van der Waals surface area contributed by atoms with Crippen LogP contribution in [0.15, 0.2) is 12.4 Å². The third kappa shape index (κ3) is 4.60. The van der Waals surface area contributed by atoms with Gasteiger partial charge in [-0.05, 0) is 25.5 Å². The second-order valence-corrected chi connectivity index (χ2v) is 3.40. The van der Waals surface area contributed by atoms with Gasteiger partial charge in [-0.25, -0.2) is 0 Å². The van der Waals surface area contributed by atoms with Gasteiger partial charge in [0.25, 0.3) is 0 Å². The Labute approximate surface area is 89.9 Å². The number of aromatic nitrogens is 2. The van der Waals surface area contributed by atoms with E-state index in [0.717, 1.165) is 13.0 Å². The SMILES string of the molecule is CCNC(=O)CNCCc1cnn(C)c1. The first-order valence-corrected chi connectivity index (χ1v) is 5.17. The summed E-state index contributed by atoms with van der Waals surface area (Å²) in [6, 6.07) is 0. The van der Waals surface area contributed by atoms with E-state index >= 15 is 0 Å². The van der Waals surface area contributed by atoms with E-state index in [1.807, 2.05) is 26.4 Å². The predicted octanol–water partition coefficient (Wildman–Crippen LogP) is -0.312. The van der Waals surface area contributed by atoms with Crippen LogP contribution in [0, 0.1) is 0 Å². The van der Waals surface area contributed by atoms with E-state index in [9.17, 15) is 4.79 Å². The molecule has 0 aliphatic carbocycles. The lowest BCUT2D eigenvalue weighted by Crippen LogP contribution is -2.34. The van der Waals surface area contributed by atoms with Crippen LogP contribution in [0.4, 0.5) is 0 Å². The maximum Gasteiger partial charge on any atom is 0.233 e. The van der Waals surface area contributed by atoms with E-state index in [1.165, 1.54) is 5.56 Å². The number of nitrogens with one attached hydrogen (secondary N) is 2. The summed E-state index contributed by atoms with van der Waals surface area (Å²) < 4.78 is 1.78. The Balaban J connectivity index is 2.09. The molecule has 1 aromatic heterocycles. The van der Waals surface area contributed by atoms with Gasteiger partial charge >= 0.3 is 0 Å². The van der Waals surface area contributed by atoms with Crippen molar-refractivity contribution in [2.75, 3.05) is 19.6 Å². The van der Waals surface area contributed by atoms with Crippen LogP contribution in [-0.4, -0.2) is 35.3 Å². The summed E-state index contributed by atoms with van der Waals surface area (Å²) in [6.45, 7) is 3.77. The number of carbonyl (C=O) groups is 1. The highest BCUT2D eigenvalue weighted by Gasteiger charge is 1.99. The van der Waals surface area contributed by atoms with Crippen molar-refractivity contribution in [1.29, 1.82) is 0 Å². The Kier molecular flexibility index (Phi) is 4.83. The summed E-state index contributed by atoms with van der Waals surface area (Å²) in [4.78, 5) is 11.1. The molecule has 0 radical (unpaired) electrons. The lowest BCUT2D eigenvalue weighted by Gasteiger charge is -2.03. The molecule has 5 heteroatoms. The first-order chi connectivity index (χ1) is 7.22. The highest BCUT2D eigenvalue weighted by molar-refractivity contribution is 5.77. The van der Waals surface area contributed by atoms with Gasteiger partial charge in [0.05, 0.1) is 12.7 Å². The molecule has 1 rings (SSSR count). The molecule has 0 aliphatic heterocycles. The number of amides is 1. The van der Waals surface area contributed by atoms with Crippen molar-refractivity contribution in [3.05, 3.63) is 18.0 Å². The van der Waals surface area contributed by atoms with E-state index in [4.69, 9.17) is 0 Å². The summed E-state index contributed by atoms with van der Waals surface area (Å²) in [5, 5.41) is 9.88. The average molecular weight is 210 g/mol. The van der Waals surface area contributed by atoms with Crippen molar-refractivity contribution in [3.8, 4) is 0 Å². The standard InChI is InChI=1S/C10H18N4O/c1-3-12-10(15)7-11-5-4-9-6-13-14(2)8-9/h6,8,11H,3-5,7H2,1-2H3,(H,12,15). The van der Waals surface area contributed by atoms with Crippen LogP contribution in [0.3, 0.4) is 0 Å². The van der Waals surface area contributed by atoms with Gasteiger partial charge in [0, 0.05) is 19.8 Å². The first-order valence-electron chi connectivity index (χ1n) is 5.17. The Hall–Kier alpha value is -1.36. The zero-order valence-corrected chi connectivity index (χ0v) is 9.29. The molecule has 0 spiro atoms. The molecule has 0 aromatic carbocycles. The number of aryl methyl sites for hydroxylation is 1. The van der Waals surface area contributed by atoms with Crippen LogP contribution in [0.2, 0.25) is 0 Å².